The fourth-order valence-electron chi connectivity index (χ4n) is 2.67. The fourth-order valence-corrected chi connectivity index (χ4v) is 2.67. The first-order valence-electron chi connectivity index (χ1n) is 8.17. The summed E-state index contributed by atoms with van der Waals surface area (Å²) in [4.78, 5) is 21.4. The second-order valence-corrected chi connectivity index (χ2v) is 5.91. The van der Waals surface area contributed by atoms with Gasteiger partial charge in [0.05, 0.1) is 5.56 Å². The molecule has 0 unspecified atom stereocenters. The second kappa shape index (κ2) is 6.72. The fraction of sp³-hybridized carbons (Fsp3) is 0.0476. The van der Waals surface area contributed by atoms with Gasteiger partial charge >= 0.3 is 0 Å². The first kappa shape index (κ1) is 15.9. The smallest absolute Gasteiger partial charge is 0.258 e. The minimum absolute atomic E-state index is 0.0817. The molecule has 4 rings (SSSR count). The van der Waals surface area contributed by atoms with Crippen LogP contribution >= 0.6 is 0 Å². The summed E-state index contributed by atoms with van der Waals surface area (Å²) in [5, 5.41) is 4.01. The highest BCUT2D eigenvalue weighted by Crippen LogP contribution is 2.26. The molecule has 0 radical (unpaired) electrons. The highest BCUT2D eigenvalue weighted by molar-refractivity contribution is 6.12. The van der Waals surface area contributed by atoms with Gasteiger partial charge in [-0.05, 0) is 25.1 Å². The van der Waals surface area contributed by atoms with Gasteiger partial charge in [-0.1, -0.05) is 53.2 Å². The number of aryl methyl sites for hydroxylation is 1. The second-order valence-electron chi connectivity index (χ2n) is 5.91. The molecule has 26 heavy (non-hydrogen) atoms. The van der Waals surface area contributed by atoms with Crippen LogP contribution in [0.2, 0.25) is 0 Å². The summed E-state index contributed by atoms with van der Waals surface area (Å²) in [6, 6.07) is 18.4. The predicted octanol–water partition coefficient (Wildman–Crippen LogP) is 4.34. The Kier molecular flexibility index (Phi) is 4.11. The van der Waals surface area contributed by atoms with Gasteiger partial charge in [-0.15, -0.1) is 0 Å². The number of nitrogens with zero attached hydrogens (tertiary/aromatic N) is 3. The molecule has 0 saturated heterocycles. The molecule has 0 spiro atoms. The Morgan fingerprint density at radius 1 is 0.962 bits per heavy atom. The molecule has 2 heterocycles. The lowest BCUT2D eigenvalue weighted by Crippen LogP contribution is -2.03. The van der Waals surface area contributed by atoms with Gasteiger partial charge in [0.2, 0.25) is 5.82 Å². The normalized spacial score (nSPS) is 10.7. The van der Waals surface area contributed by atoms with Crippen LogP contribution in [0.5, 0.6) is 0 Å². The minimum Gasteiger partial charge on any atom is -0.334 e. The van der Waals surface area contributed by atoms with Gasteiger partial charge in [-0.2, -0.15) is 4.98 Å². The van der Waals surface area contributed by atoms with Crippen LogP contribution in [0.3, 0.4) is 0 Å². The molecule has 0 fully saturated rings. The number of hydrogen-bond donors (Lipinski definition) is 0. The van der Waals surface area contributed by atoms with Crippen molar-refractivity contribution in [2.75, 3.05) is 0 Å². The van der Waals surface area contributed by atoms with Crippen molar-refractivity contribution in [3.05, 3.63) is 89.7 Å². The highest BCUT2D eigenvalue weighted by atomic mass is 16.5. The Morgan fingerprint density at radius 2 is 1.77 bits per heavy atom. The zero-order chi connectivity index (χ0) is 17.9. The third kappa shape index (κ3) is 3.02. The first-order valence-corrected chi connectivity index (χ1v) is 8.17. The molecular formula is C21H15N3O2. The van der Waals surface area contributed by atoms with E-state index in [-0.39, 0.29) is 5.78 Å². The number of rotatable bonds is 4. The Hall–Kier alpha value is -3.60. The number of carbonyl (C=O) groups excluding carboxylic acids is 1. The Balaban J connectivity index is 1.74. The van der Waals surface area contributed by atoms with Gasteiger partial charge in [0.1, 0.15) is 0 Å². The van der Waals surface area contributed by atoms with Crippen LogP contribution in [-0.2, 0) is 0 Å². The predicted molar refractivity (Wildman–Crippen MR) is 97.6 cm³/mol. The zero-order valence-corrected chi connectivity index (χ0v) is 14.1. The van der Waals surface area contributed by atoms with Gasteiger partial charge < -0.3 is 4.52 Å². The molecule has 2 aromatic heterocycles. The molecule has 0 N–H and O–H groups in total. The molecule has 0 bridgehead atoms. The molecule has 0 aliphatic carbocycles. The lowest BCUT2D eigenvalue weighted by molar-refractivity contribution is 0.103. The van der Waals surface area contributed by atoms with E-state index in [2.05, 4.69) is 15.1 Å². The molecular weight excluding hydrogens is 326 g/mol. The molecule has 0 aliphatic rings. The van der Waals surface area contributed by atoms with Gasteiger partial charge in [-0.3, -0.25) is 9.78 Å². The maximum atomic E-state index is 12.9. The topological polar surface area (TPSA) is 68.9 Å². The van der Waals surface area contributed by atoms with Crippen LogP contribution in [-0.4, -0.2) is 20.9 Å². The molecule has 4 aromatic rings. The molecule has 0 atom stereocenters. The van der Waals surface area contributed by atoms with Crippen molar-refractivity contribution in [2.45, 2.75) is 6.92 Å². The van der Waals surface area contributed by atoms with E-state index in [0.29, 0.717) is 28.4 Å². The van der Waals surface area contributed by atoms with Crippen LogP contribution in [0.15, 0.2) is 77.6 Å². The molecule has 0 amide bonds. The first-order chi connectivity index (χ1) is 12.7. The summed E-state index contributed by atoms with van der Waals surface area (Å²) in [5.41, 5.74) is 3.62. The molecule has 5 heteroatoms. The van der Waals surface area contributed by atoms with Crippen molar-refractivity contribution in [1.29, 1.82) is 0 Å². The molecule has 2 aromatic carbocycles. The van der Waals surface area contributed by atoms with E-state index < -0.39 is 0 Å². The monoisotopic (exact) mass is 341 g/mol. The van der Waals surface area contributed by atoms with E-state index in [4.69, 9.17) is 4.52 Å². The number of benzene rings is 2. The Labute approximate surface area is 150 Å². The maximum Gasteiger partial charge on any atom is 0.258 e. The van der Waals surface area contributed by atoms with Gasteiger partial charge in [0.15, 0.2) is 5.78 Å². The van der Waals surface area contributed by atoms with Gasteiger partial charge in [0, 0.05) is 29.1 Å². The number of aromatic nitrogens is 3. The highest BCUT2D eigenvalue weighted by Gasteiger charge is 2.19. The van der Waals surface area contributed by atoms with Crippen molar-refractivity contribution in [3.8, 4) is 22.8 Å². The van der Waals surface area contributed by atoms with Crippen molar-refractivity contribution in [3.63, 3.8) is 0 Å². The standard InChI is InChI=1S/C21H15N3O2/c1-14-8-10-15(11-9-14)19(25)17-6-2-3-7-18(17)21-23-20(24-26-21)16-5-4-12-22-13-16/h2-13H,1H3. The lowest BCUT2D eigenvalue weighted by Gasteiger charge is -2.05. The summed E-state index contributed by atoms with van der Waals surface area (Å²) in [7, 11) is 0. The number of pyridine rings is 1. The lowest BCUT2D eigenvalue weighted by atomic mass is 9.97. The SMILES string of the molecule is Cc1ccc(C(=O)c2ccccc2-c2nc(-c3cccnc3)no2)cc1. The number of ketones is 1. The minimum atomic E-state index is -0.0817. The van der Waals surface area contributed by atoms with Crippen LogP contribution in [0.4, 0.5) is 0 Å². The average molecular weight is 341 g/mol. The third-order valence-electron chi connectivity index (χ3n) is 4.06. The van der Waals surface area contributed by atoms with Crippen molar-refractivity contribution in [2.24, 2.45) is 0 Å². The zero-order valence-electron chi connectivity index (χ0n) is 14.1. The van der Waals surface area contributed by atoms with E-state index in [1.807, 2.05) is 55.5 Å². The molecule has 5 nitrogen and oxygen atoms in total. The summed E-state index contributed by atoms with van der Waals surface area (Å²) in [5.74, 6) is 0.660. The summed E-state index contributed by atoms with van der Waals surface area (Å²) in [6.45, 7) is 1.99. The van der Waals surface area contributed by atoms with Crippen molar-refractivity contribution < 1.29 is 9.32 Å². The van der Waals surface area contributed by atoms with E-state index in [1.165, 1.54) is 0 Å². The van der Waals surface area contributed by atoms with E-state index in [9.17, 15) is 4.79 Å². The van der Waals surface area contributed by atoms with Crippen molar-refractivity contribution >= 4 is 5.78 Å². The average Bonchev–Trinajstić information content (AvgIpc) is 3.19. The Morgan fingerprint density at radius 3 is 2.54 bits per heavy atom. The van der Waals surface area contributed by atoms with Gasteiger partial charge in [-0.25, -0.2) is 0 Å². The molecule has 0 aliphatic heterocycles. The van der Waals surface area contributed by atoms with Crippen LogP contribution in [0, 0.1) is 6.92 Å². The number of hydrogen-bond acceptors (Lipinski definition) is 5. The number of carbonyl (C=O) groups is 1. The Bertz CT molecular complexity index is 1050. The van der Waals surface area contributed by atoms with Crippen molar-refractivity contribution in [1.82, 2.24) is 15.1 Å². The van der Waals surface area contributed by atoms with E-state index in [0.717, 1.165) is 11.1 Å². The summed E-state index contributed by atoms with van der Waals surface area (Å²) < 4.78 is 5.41. The largest absolute Gasteiger partial charge is 0.334 e. The third-order valence-corrected chi connectivity index (χ3v) is 4.06. The van der Waals surface area contributed by atoms with E-state index >= 15 is 0 Å². The summed E-state index contributed by atoms with van der Waals surface area (Å²) in [6.07, 6.45) is 3.35. The van der Waals surface area contributed by atoms with Crippen LogP contribution in [0.1, 0.15) is 21.5 Å². The maximum absolute atomic E-state index is 12.9. The summed E-state index contributed by atoms with van der Waals surface area (Å²) >= 11 is 0. The van der Waals surface area contributed by atoms with Crippen LogP contribution in [0.25, 0.3) is 22.8 Å². The van der Waals surface area contributed by atoms with Gasteiger partial charge in [0.25, 0.3) is 5.89 Å². The molecule has 126 valence electrons. The van der Waals surface area contributed by atoms with E-state index in [1.54, 1.807) is 24.5 Å². The quantitative estimate of drug-likeness (QED) is 0.517. The molecule has 0 saturated carbocycles. The van der Waals surface area contributed by atoms with Crippen LogP contribution < -0.4 is 0 Å².